The molecule has 0 heterocycles. The lowest BCUT2D eigenvalue weighted by molar-refractivity contribution is -0.125. The number of rotatable bonds is 5. The molecule has 0 aliphatic rings. The van der Waals surface area contributed by atoms with Crippen molar-refractivity contribution >= 4 is 11.6 Å². The summed E-state index contributed by atoms with van der Waals surface area (Å²) in [7, 11) is 0. The molecule has 0 aromatic heterocycles. The third kappa shape index (κ3) is 5.23. The molecular weight excluding hydrogens is 270 g/mol. The highest BCUT2D eigenvalue weighted by Crippen LogP contribution is 2.22. The van der Waals surface area contributed by atoms with Crippen molar-refractivity contribution < 1.29 is 17.6 Å². The lowest BCUT2D eigenvalue weighted by atomic mass is 10.0. The van der Waals surface area contributed by atoms with Crippen molar-refractivity contribution in [2.45, 2.75) is 19.5 Å². The number of halogens is 5. The Morgan fingerprint density at radius 2 is 2.00 bits per heavy atom. The van der Waals surface area contributed by atoms with Crippen LogP contribution in [0.1, 0.15) is 12.5 Å². The summed E-state index contributed by atoms with van der Waals surface area (Å²) in [6.45, 7) is 0.860. The van der Waals surface area contributed by atoms with Crippen molar-refractivity contribution in [2.75, 3.05) is 13.1 Å². The maximum Gasteiger partial charge on any atom is 0.401 e. The van der Waals surface area contributed by atoms with Crippen LogP contribution in [0.25, 0.3) is 0 Å². The molecule has 1 aromatic rings. The summed E-state index contributed by atoms with van der Waals surface area (Å²) in [6, 6.07) is 4.35. The summed E-state index contributed by atoms with van der Waals surface area (Å²) in [5.41, 5.74) is 0.348. The van der Waals surface area contributed by atoms with E-state index in [1.807, 2.05) is 0 Å². The quantitative estimate of drug-likeness (QED) is 0.810. The first-order valence-electron chi connectivity index (χ1n) is 5.50. The third-order valence-electron chi connectivity index (χ3n) is 2.43. The average Bonchev–Trinajstić information content (AvgIpc) is 2.22. The van der Waals surface area contributed by atoms with Gasteiger partial charge in [0, 0.05) is 10.6 Å². The second kappa shape index (κ2) is 6.38. The third-order valence-corrected chi connectivity index (χ3v) is 2.79. The van der Waals surface area contributed by atoms with Crippen molar-refractivity contribution in [1.82, 2.24) is 5.32 Å². The van der Waals surface area contributed by atoms with Gasteiger partial charge in [-0.2, -0.15) is 13.2 Å². The normalized spacial score (nSPS) is 13.7. The molecule has 0 saturated heterocycles. The van der Waals surface area contributed by atoms with Crippen LogP contribution < -0.4 is 5.32 Å². The topological polar surface area (TPSA) is 12.0 Å². The summed E-state index contributed by atoms with van der Waals surface area (Å²) >= 11 is 5.84. The molecule has 102 valence electrons. The molecule has 0 aliphatic carbocycles. The van der Waals surface area contributed by atoms with E-state index in [0.29, 0.717) is 17.0 Å². The molecule has 0 spiro atoms. The summed E-state index contributed by atoms with van der Waals surface area (Å²) < 4.78 is 49.2. The summed E-state index contributed by atoms with van der Waals surface area (Å²) in [4.78, 5) is 0. The minimum absolute atomic E-state index is 0.137. The van der Waals surface area contributed by atoms with Gasteiger partial charge >= 0.3 is 6.18 Å². The Kier molecular flexibility index (Phi) is 5.41. The second-order valence-corrected chi connectivity index (χ2v) is 4.66. The summed E-state index contributed by atoms with van der Waals surface area (Å²) in [5.74, 6) is -0.563. The van der Waals surface area contributed by atoms with Crippen molar-refractivity contribution in [3.63, 3.8) is 0 Å². The van der Waals surface area contributed by atoms with Crippen LogP contribution in [0.15, 0.2) is 18.2 Å². The Morgan fingerprint density at radius 3 is 2.56 bits per heavy atom. The maximum atomic E-state index is 13.4. The zero-order valence-corrected chi connectivity index (χ0v) is 10.6. The second-order valence-electron chi connectivity index (χ2n) is 4.26. The van der Waals surface area contributed by atoms with Gasteiger partial charge in [-0.3, -0.25) is 0 Å². The Hall–Kier alpha value is -0.810. The Bertz CT molecular complexity index is 372. The van der Waals surface area contributed by atoms with Crippen LogP contribution in [-0.4, -0.2) is 19.3 Å². The van der Waals surface area contributed by atoms with Crippen LogP contribution in [-0.2, 0) is 6.42 Å². The number of hydrogen-bond donors (Lipinski definition) is 1. The molecule has 1 unspecified atom stereocenters. The molecule has 1 aromatic carbocycles. The van der Waals surface area contributed by atoms with Gasteiger partial charge in [-0.15, -0.1) is 0 Å². The molecular formula is C12H14ClF4N. The minimum atomic E-state index is -4.23. The van der Waals surface area contributed by atoms with Gasteiger partial charge in [-0.1, -0.05) is 24.6 Å². The SMILES string of the molecule is CC(CNCC(F)(F)F)Cc1c(F)cccc1Cl. The van der Waals surface area contributed by atoms with E-state index in [1.54, 1.807) is 13.0 Å². The number of hydrogen-bond acceptors (Lipinski definition) is 1. The lowest BCUT2D eigenvalue weighted by Gasteiger charge is -2.15. The Morgan fingerprint density at radius 1 is 1.33 bits per heavy atom. The zero-order chi connectivity index (χ0) is 13.8. The van der Waals surface area contributed by atoms with Gasteiger partial charge in [0.15, 0.2) is 0 Å². The summed E-state index contributed by atoms with van der Waals surface area (Å²) in [5, 5.41) is 2.60. The van der Waals surface area contributed by atoms with E-state index < -0.39 is 18.5 Å². The van der Waals surface area contributed by atoms with Crippen LogP contribution >= 0.6 is 11.6 Å². The molecule has 1 N–H and O–H groups in total. The van der Waals surface area contributed by atoms with E-state index in [4.69, 9.17) is 11.6 Å². The molecule has 0 fully saturated rings. The highest BCUT2D eigenvalue weighted by Gasteiger charge is 2.26. The van der Waals surface area contributed by atoms with Crippen molar-refractivity contribution in [2.24, 2.45) is 5.92 Å². The molecule has 0 radical (unpaired) electrons. The minimum Gasteiger partial charge on any atom is -0.308 e. The first-order chi connectivity index (χ1) is 8.29. The number of benzene rings is 1. The van der Waals surface area contributed by atoms with Gasteiger partial charge in [-0.25, -0.2) is 4.39 Å². The monoisotopic (exact) mass is 283 g/mol. The smallest absolute Gasteiger partial charge is 0.308 e. The van der Waals surface area contributed by atoms with E-state index in [2.05, 4.69) is 5.32 Å². The van der Waals surface area contributed by atoms with Crippen LogP contribution in [0, 0.1) is 11.7 Å². The fourth-order valence-electron chi connectivity index (χ4n) is 1.61. The predicted octanol–water partition coefficient (Wildman–Crippen LogP) is 3.81. The van der Waals surface area contributed by atoms with Gasteiger partial charge in [-0.05, 0) is 31.0 Å². The lowest BCUT2D eigenvalue weighted by Crippen LogP contribution is -2.32. The van der Waals surface area contributed by atoms with Crippen LogP contribution in [0.4, 0.5) is 17.6 Å². The largest absolute Gasteiger partial charge is 0.401 e. The fraction of sp³-hybridized carbons (Fsp3) is 0.500. The van der Waals surface area contributed by atoms with Gasteiger partial charge in [0.05, 0.1) is 6.54 Å². The first-order valence-corrected chi connectivity index (χ1v) is 5.87. The van der Waals surface area contributed by atoms with Crippen molar-refractivity contribution in [3.05, 3.63) is 34.6 Å². The van der Waals surface area contributed by atoms with Crippen LogP contribution in [0.3, 0.4) is 0 Å². The molecule has 1 rings (SSSR count). The van der Waals surface area contributed by atoms with E-state index >= 15 is 0 Å². The molecule has 1 nitrogen and oxygen atoms in total. The van der Waals surface area contributed by atoms with E-state index in [1.165, 1.54) is 12.1 Å². The molecule has 0 saturated carbocycles. The maximum absolute atomic E-state index is 13.4. The Balaban J connectivity index is 2.47. The molecule has 1 atom stereocenters. The van der Waals surface area contributed by atoms with Gasteiger partial charge in [0.1, 0.15) is 5.82 Å². The van der Waals surface area contributed by atoms with Crippen LogP contribution in [0.5, 0.6) is 0 Å². The van der Waals surface area contributed by atoms with Gasteiger partial charge in [0.25, 0.3) is 0 Å². The van der Waals surface area contributed by atoms with E-state index in [-0.39, 0.29) is 12.5 Å². The van der Waals surface area contributed by atoms with E-state index in [0.717, 1.165) is 0 Å². The van der Waals surface area contributed by atoms with Crippen molar-refractivity contribution in [1.29, 1.82) is 0 Å². The number of alkyl halides is 3. The standard InChI is InChI=1S/C12H14ClF4N/c1-8(6-18-7-12(15,16)17)5-9-10(13)3-2-4-11(9)14/h2-4,8,18H,5-7H2,1H3. The average molecular weight is 284 g/mol. The van der Waals surface area contributed by atoms with Gasteiger partial charge < -0.3 is 5.32 Å². The first kappa shape index (κ1) is 15.2. The van der Waals surface area contributed by atoms with Gasteiger partial charge in [0.2, 0.25) is 0 Å². The molecule has 0 amide bonds. The van der Waals surface area contributed by atoms with Crippen LogP contribution in [0.2, 0.25) is 5.02 Å². The predicted molar refractivity (Wildman–Crippen MR) is 63.2 cm³/mol. The zero-order valence-electron chi connectivity index (χ0n) is 9.82. The molecule has 6 heteroatoms. The van der Waals surface area contributed by atoms with Crippen molar-refractivity contribution in [3.8, 4) is 0 Å². The molecule has 0 bridgehead atoms. The van der Waals surface area contributed by atoms with E-state index in [9.17, 15) is 17.6 Å². The highest BCUT2D eigenvalue weighted by molar-refractivity contribution is 6.31. The summed E-state index contributed by atoms with van der Waals surface area (Å²) in [6.07, 6.45) is -3.92. The Labute approximate surface area is 108 Å². The molecule has 0 aliphatic heterocycles. The molecule has 18 heavy (non-hydrogen) atoms. The number of nitrogens with one attached hydrogen (secondary N) is 1. The fourth-order valence-corrected chi connectivity index (χ4v) is 1.85. The highest BCUT2D eigenvalue weighted by atomic mass is 35.5.